The van der Waals surface area contributed by atoms with E-state index in [0.29, 0.717) is 0 Å². The Morgan fingerprint density at radius 2 is 0.676 bits per heavy atom. The molecule has 0 aromatic heterocycles. The molecular formula is C35H34N2. The fourth-order valence-electron chi connectivity index (χ4n) is 4.81. The van der Waals surface area contributed by atoms with Gasteiger partial charge in [-0.3, -0.25) is 0 Å². The van der Waals surface area contributed by atoms with Gasteiger partial charge in [-0.1, -0.05) is 91.0 Å². The molecule has 2 nitrogen and oxygen atoms in total. The summed E-state index contributed by atoms with van der Waals surface area (Å²) in [6.45, 7) is 2.22. The Bertz CT molecular complexity index is 1450. The van der Waals surface area contributed by atoms with Gasteiger partial charge in [0.05, 0.1) is 0 Å². The van der Waals surface area contributed by atoms with Crippen LogP contribution >= 0.6 is 0 Å². The molecule has 5 aromatic rings. The minimum absolute atomic E-state index is 0.809. The number of hydrogen-bond donors (Lipinski definition) is 2. The molecule has 2 heteroatoms. The number of anilines is 2. The normalized spacial score (nSPS) is 10.9. The fourth-order valence-corrected chi connectivity index (χ4v) is 4.81. The van der Waals surface area contributed by atoms with Gasteiger partial charge in [0.1, 0.15) is 0 Å². The molecule has 0 unspecified atom stereocenters. The van der Waals surface area contributed by atoms with E-state index >= 15 is 0 Å². The Morgan fingerprint density at radius 1 is 0.378 bits per heavy atom. The molecule has 0 radical (unpaired) electrons. The molecule has 0 aliphatic rings. The minimum Gasteiger partial charge on any atom is -0.399 e. The van der Waals surface area contributed by atoms with Crippen molar-refractivity contribution >= 4 is 11.4 Å². The Kier molecular flexibility index (Phi) is 7.37. The summed E-state index contributed by atoms with van der Waals surface area (Å²) < 4.78 is 0. The summed E-state index contributed by atoms with van der Waals surface area (Å²) >= 11 is 0. The third-order valence-corrected chi connectivity index (χ3v) is 7.03. The first-order chi connectivity index (χ1) is 18.0. The standard InChI is InChI=1S/C35H34N2/c1-25-20-32(23-30-13-18-35(37)19-14-30)10-15-33(25)24-31-8-6-28(7-9-31)21-26-2-4-27(5-3-26)22-29-11-16-34(36)17-12-29/h2-20H,21-24,36-37H2,1H3. The zero-order valence-electron chi connectivity index (χ0n) is 21.5. The largest absolute Gasteiger partial charge is 0.399 e. The number of benzene rings is 5. The lowest BCUT2D eigenvalue weighted by Gasteiger charge is -2.10. The molecule has 0 amide bonds. The van der Waals surface area contributed by atoms with Crippen LogP contribution in [0.5, 0.6) is 0 Å². The summed E-state index contributed by atoms with van der Waals surface area (Å²) in [4.78, 5) is 0. The van der Waals surface area contributed by atoms with Gasteiger partial charge in [0, 0.05) is 11.4 Å². The van der Waals surface area contributed by atoms with Crippen LogP contribution in [0.4, 0.5) is 11.4 Å². The molecule has 4 N–H and O–H groups in total. The molecule has 0 atom stereocenters. The van der Waals surface area contributed by atoms with Gasteiger partial charge in [-0.25, -0.2) is 0 Å². The van der Waals surface area contributed by atoms with Gasteiger partial charge < -0.3 is 11.5 Å². The SMILES string of the molecule is Cc1cc(Cc2ccc(N)cc2)ccc1Cc1ccc(Cc2ccc(Cc3ccc(N)cc3)cc2)cc1. The number of aryl methyl sites for hydroxylation is 1. The number of hydrogen-bond acceptors (Lipinski definition) is 2. The van der Waals surface area contributed by atoms with Crippen molar-refractivity contribution in [1.29, 1.82) is 0 Å². The third kappa shape index (κ3) is 6.68. The zero-order valence-corrected chi connectivity index (χ0v) is 21.5. The first-order valence-corrected chi connectivity index (χ1v) is 12.9. The van der Waals surface area contributed by atoms with Gasteiger partial charge in [-0.05, 0) is 107 Å². The zero-order chi connectivity index (χ0) is 25.6. The summed E-state index contributed by atoms with van der Waals surface area (Å²) in [7, 11) is 0. The molecule has 37 heavy (non-hydrogen) atoms. The highest BCUT2D eigenvalue weighted by Gasteiger charge is 2.05. The average Bonchev–Trinajstić information content (AvgIpc) is 2.91. The smallest absolute Gasteiger partial charge is 0.0314 e. The van der Waals surface area contributed by atoms with Crippen molar-refractivity contribution in [2.45, 2.75) is 32.6 Å². The van der Waals surface area contributed by atoms with Crippen LogP contribution in [0.2, 0.25) is 0 Å². The second-order valence-corrected chi connectivity index (χ2v) is 10.1. The van der Waals surface area contributed by atoms with Crippen molar-refractivity contribution in [1.82, 2.24) is 0 Å². The molecule has 184 valence electrons. The van der Waals surface area contributed by atoms with E-state index in [0.717, 1.165) is 37.1 Å². The summed E-state index contributed by atoms with van der Waals surface area (Å²) in [6, 6.07) is 41.2. The van der Waals surface area contributed by atoms with Crippen LogP contribution in [0.3, 0.4) is 0 Å². The van der Waals surface area contributed by atoms with Crippen LogP contribution in [0.15, 0.2) is 115 Å². The maximum atomic E-state index is 5.81. The summed E-state index contributed by atoms with van der Waals surface area (Å²) in [5, 5.41) is 0. The van der Waals surface area contributed by atoms with Gasteiger partial charge >= 0.3 is 0 Å². The lowest BCUT2D eigenvalue weighted by atomic mass is 9.95. The molecule has 0 aliphatic heterocycles. The second kappa shape index (κ2) is 11.2. The highest BCUT2D eigenvalue weighted by atomic mass is 14.5. The lowest BCUT2D eigenvalue weighted by Crippen LogP contribution is -1.96. The molecule has 0 fully saturated rings. The number of rotatable bonds is 8. The highest BCUT2D eigenvalue weighted by molar-refractivity contribution is 5.43. The predicted octanol–water partition coefficient (Wildman–Crippen LogP) is 7.52. The van der Waals surface area contributed by atoms with Crippen LogP contribution in [0.1, 0.15) is 50.1 Å². The van der Waals surface area contributed by atoms with Crippen LogP contribution in [0, 0.1) is 6.92 Å². The molecule has 5 rings (SSSR count). The maximum Gasteiger partial charge on any atom is 0.0314 e. The lowest BCUT2D eigenvalue weighted by molar-refractivity contribution is 1.11. The molecule has 0 saturated carbocycles. The third-order valence-electron chi connectivity index (χ3n) is 7.03. The van der Waals surface area contributed by atoms with Crippen molar-refractivity contribution < 1.29 is 0 Å². The second-order valence-electron chi connectivity index (χ2n) is 10.1. The quantitative estimate of drug-likeness (QED) is 0.225. The van der Waals surface area contributed by atoms with Gasteiger partial charge in [0.2, 0.25) is 0 Å². The van der Waals surface area contributed by atoms with Crippen molar-refractivity contribution in [3.8, 4) is 0 Å². The molecule has 0 aliphatic carbocycles. The first-order valence-electron chi connectivity index (χ1n) is 12.9. The average molecular weight is 483 g/mol. The van der Waals surface area contributed by atoms with Crippen LogP contribution in [-0.2, 0) is 25.7 Å². The van der Waals surface area contributed by atoms with E-state index in [1.54, 1.807) is 0 Å². The van der Waals surface area contributed by atoms with Gasteiger partial charge in [0.15, 0.2) is 0 Å². The van der Waals surface area contributed by atoms with Crippen molar-refractivity contribution in [2.24, 2.45) is 0 Å². The van der Waals surface area contributed by atoms with E-state index < -0.39 is 0 Å². The Balaban J connectivity index is 1.17. The summed E-state index contributed by atoms with van der Waals surface area (Å²) in [6.07, 6.45) is 3.75. The predicted molar refractivity (Wildman–Crippen MR) is 157 cm³/mol. The molecule has 0 heterocycles. The van der Waals surface area contributed by atoms with Crippen molar-refractivity contribution in [3.05, 3.63) is 165 Å². The molecular weight excluding hydrogens is 448 g/mol. The molecule has 0 spiro atoms. The Morgan fingerprint density at radius 3 is 1.05 bits per heavy atom. The highest BCUT2D eigenvalue weighted by Crippen LogP contribution is 2.20. The molecule has 5 aromatic carbocycles. The molecule has 0 bridgehead atoms. The van der Waals surface area contributed by atoms with Crippen molar-refractivity contribution in [3.63, 3.8) is 0 Å². The topological polar surface area (TPSA) is 52.0 Å². The maximum absolute atomic E-state index is 5.81. The van der Waals surface area contributed by atoms with Gasteiger partial charge in [-0.15, -0.1) is 0 Å². The van der Waals surface area contributed by atoms with E-state index in [1.807, 2.05) is 24.3 Å². The molecule has 0 saturated heterocycles. The van der Waals surface area contributed by atoms with E-state index in [9.17, 15) is 0 Å². The summed E-state index contributed by atoms with van der Waals surface area (Å²) in [5.74, 6) is 0. The summed E-state index contributed by atoms with van der Waals surface area (Å²) in [5.41, 5.74) is 25.2. The van der Waals surface area contributed by atoms with E-state index in [-0.39, 0.29) is 0 Å². The first kappa shape index (κ1) is 24.4. The van der Waals surface area contributed by atoms with Crippen molar-refractivity contribution in [2.75, 3.05) is 11.5 Å². The van der Waals surface area contributed by atoms with E-state index in [4.69, 9.17) is 11.5 Å². The minimum atomic E-state index is 0.809. The van der Waals surface area contributed by atoms with Crippen LogP contribution in [0.25, 0.3) is 0 Å². The van der Waals surface area contributed by atoms with Gasteiger partial charge in [0.25, 0.3) is 0 Å². The van der Waals surface area contributed by atoms with Gasteiger partial charge in [-0.2, -0.15) is 0 Å². The van der Waals surface area contributed by atoms with Crippen LogP contribution in [-0.4, -0.2) is 0 Å². The van der Waals surface area contributed by atoms with E-state index in [1.165, 1.54) is 50.1 Å². The van der Waals surface area contributed by atoms with E-state index in [2.05, 4.69) is 97.9 Å². The Hall–Kier alpha value is -4.30. The monoisotopic (exact) mass is 482 g/mol. The number of nitrogens with two attached hydrogens (primary N) is 2. The fraction of sp³-hybridized carbons (Fsp3) is 0.143. The van der Waals surface area contributed by atoms with Crippen LogP contribution < -0.4 is 11.5 Å². The Labute approximate surface area is 220 Å². The number of nitrogen functional groups attached to an aromatic ring is 2.